The van der Waals surface area contributed by atoms with Crippen molar-refractivity contribution in [1.29, 1.82) is 0 Å². The van der Waals surface area contributed by atoms with Gasteiger partial charge >= 0.3 is 0 Å². The van der Waals surface area contributed by atoms with E-state index in [2.05, 4.69) is 25.2 Å². The van der Waals surface area contributed by atoms with Crippen LogP contribution in [0.3, 0.4) is 0 Å². The molecule has 26 heavy (non-hydrogen) atoms. The van der Waals surface area contributed by atoms with E-state index in [0.29, 0.717) is 17.5 Å². The number of carbonyl (C=O) groups is 1. The van der Waals surface area contributed by atoms with Crippen molar-refractivity contribution in [3.8, 4) is 5.75 Å². The van der Waals surface area contributed by atoms with E-state index in [9.17, 15) is 13.2 Å². The van der Waals surface area contributed by atoms with E-state index in [0.717, 1.165) is 5.82 Å². The van der Waals surface area contributed by atoms with Crippen LogP contribution in [0.5, 0.6) is 5.75 Å². The number of ether oxygens (including phenoxy) is 1. The number of carbonyl (C=O) groups excluding carboxylic acids is 1. The lowest BCUT2D eigenvalue weighted by molar-refractivity contribution is 0.0956. The van der Waals surface area contributed by atoms with Crippen molar-refractivity contribution in [1.82, 2.24) is 25.2 Å². The Kier molecular flexibility index (Phi) is 7.00. The summed E-state index contributed by atoms with van der Waals surface area (Å²) in [7, 11) is -2.37. The normalized spacial score (nSPS) is 11.3. The summed E-state index contributed by atoms with van der Waals surface area (Å²) in [6.45, 7) is 4.10. The van der Waals surface area contributed by atoms with Gasteiger partial charge in [-0.3, -0.25) is 9.89 Å². The van der Waals surface area contributed by atoms with E-state index in [1.807, 2.05) is 6.92 Å². The smallest absolute Gasteiger partial charge is 0.251 e. The molecule has 11 heteroatoms. The Morgan fingerprint density at radius 2 is 2.15 bits per heavy atom. The molecule has 2 rings (SSSR count). The highest BCUT2D eigenvalue weighted by Crippen LogP contribution is 2.24. The largest absolute Gasteiger partial charge is 0.495 e. The average Bonchev–Trinajstić information content (AvgIpc) is 3.03. The summed E-state index contributed by atoms with van der Waals surface area (Å²) >= 11 is 1.40. The number of nitrogens with zero attached hydrogens (tertiary/aromatic N) is 2. The summed E-state index contributed by atoms with van der Waals surface area (Å²) in [6, 6.07) is 4.28. The molecule has 0 unspecified atom stereocenters. The molecular formula is C15H21N5O4S2. The quantitative estimate of drug-likeness (QED) is 0.423. The van der Waals surface area contributed by atoms with Crippen LogP contribution in [0.4, 0.5) is 0 Å². The molecule has 1 heterocycles. The molecule has 1 aromatic carbocycles. The number of aryl methyl sites for hydroxylation is 1. The molecule has 0 aliphatic rings. The Morgan fingerprint density at radius 1 is 1.38 bits per heavy atom. The number of amides is 1. The third-order valence-corrected chi connectivity index (χ3v) is 5.66. The third kappa shape index (κ3) is 5.19. The summed E-state index contributed by atoms with van der Waals surface area (Å²) in [6.07, 6.45) is 0. The van der Waals surface area contributed by atoms with Gasteiger partial charge in [0, 0.05) is 24.4 Å². The van der Waals surface area contributed by atoms with Crippen LogP contribution >= 0.6 is 11.8 Å². The van der Waals surface area contributed by atoms with Gasteiger partial charge in [-0.15, -0.1) is 5.10 Å². The molecule has 0 saturated carbocycles. The highest BCUT2D eigenvalue weighted by atomic mass is 32.2. The molecule has 0 aliphatic heterocycles. The number of hydrogen-bond acceptors (Lipinski definition) is 7. The van der Waals surface area contributed by atoms with Gasteiger partial charge in [0.1, 0.15) is 16.5 Å². The van der Waals surface area contributed by atoms with Gasteiger partial charge in [0.15, 0.2) is 0 Å². The molecular weight excluding hydrogens is 378 g/mol. The second-order valence-corrected chi connectivity index (χ2v) is 7.97. The molecule has 3 N–H and O–H groups in total. The lowest BCUT2D eigenvalue weighted by Crippen LogP contribution is -2.27. The van der Waals surface area contributed by atoms with Crippen LogP contribution in [0.25, 0.3) is 0 Å². The predicted molar refractivity (Wildman–Crippen MR) is 98.0 cm³/mol. The summed E-state index contributed by atoms with van der Waals surface area (Å²) in [5.41, 5.74) is 0.237. The number of rotatable bonds is 9. The molecule has 2 aromatic rings. The van der Waals surface area contributed by atoms with Crippen LogP contribution in [-0.4, -0.2) is 55.5 Å². The van der Waals surface area contributed by atoms with Gasteiger partial charge in [-0.25, -0.2) is 18.1 Å². The van der Waals surface area contributed by atoms with Crippen LogP contribution in [-0.2, 0) is 10.0 Å². The first-order valence-electron chi connectivity index (χ1n) is 7.85. The minimum atomic E-state index is -3.75. The van der Waals surface area contributed by atoms with E-state index in [1.54, 1.807) is 6.92 Å². The van der Waals surface area contributed by atoms with Crippen molar-refractivity contribution in [2.75, 3.05) is 26.0 Å². The fourth-order valence-electron chi connectivity index (χ4n) is 2.09. The van der Waals surface area contributed by atoms with Crippen LogP contribution in [0, 0.1) is 6.92 Å². The first-order valence-corrected chi connectivity index (χ1v) is 10.3. The maximum atomic E-state index is 12.3. The number of aromatic amines is 1. The topological polar surface area (TPSA) is 126 Å². The summed E-state index contributed by atoms with van der Waals surface area (Å²) in [4.78, 5) is 16.4. The van der Waals surface area contributed by atoms with Crippen molar-refractivity contribution in [3.63, 3.8) is 0 Å². The summed E-state index contributed by atoms with van der Waals surface area (Å²) in [5.74, 6) is 1.12. The van der Waals surface area contributed by atoms with Crippen molar-refractivity contribution in [3.05, 3.63) is 29.6 Å². The molecule has 0 atom stereocenters. The Labute approximate surface area is 156 Å². The first kappa shape index (κ1) is 20.2. The Morgan fingerprint density at radius 3 is 2.77 bits per heavy atom. The molecule has 0 aliphatic carbocycles. The van der Waals surface area contributed by atoms with Crippen molar-refractivity contribution in [2.24, 2.45) is 0 Å². The molecule has 1 amide bonds. The van der Waals surface area contributed by atoms with E-state index in [-0.39, 0.29) is 28.7 Å². The Bertz CT molecular complexity index is 867. The fraction of sp³-hybridized carbons (Fsp3) is 0.400. The zero-order valence-corrected chi connectivity index (χ0v) is 16.3. The van der Waals surface area contributed by atoms with Crippen LogP contribution < -0.4 is 14.8 Å². The number of methoxy groups -OCH3 is 1. The van der Waals surface area contributed by atoms with Crippen LogP contribution in [0.15, 0.2) is 28.3 Å². The Hall–Kier alpha value is -2.11. The summed E-state index contributed by atoms with van der Waals surface area (Å²) < 4.78 is 32.0. The maximum Gasteiger partial charge on any atom is 0.251 e. The predicted octanol–water partition coefficient (Wildman–Crippen LogP) is 0.942. The number of H-pyrrole nitrogens is 1. The van der Waals surface area contributed by atoms with Gasteiger partial charge in [0.2, 0.25) is 15.2 Å². The molecule has 1 aromatic heterocycles. The third-order valence-electron chi connectivity index (χ3n) is 3.25. The first-order chi connectivity index (χ1) is 12.4. The highest BCUT2D eigenvalue weighted by molar-refractivity contribution is 7.99. The zero-order chi connectivity index (χ0) is 19.2. The van der Waals surface area contributed by atoms with E-state index < -0.39 is 10.0 Å². The average molecular weight is 399 g/mol. The molecule has 0 saturated heterocycles. The molecule has 142 valence electrons. The van der Waals surface area contributed by atoms with Crippen molar-refractivity contribution in [2.45, 2.75) is 23.9 Å². The monoisotopic (exact) mass is 399 g/mol. The minimum Gasteiger partial charge on any atom is -0.495 e. The van der Waals surface area contributed by atoms with Gasteiger partial charge in [-0.1, -0.05) is 18.7 Å². The SMILES string of the molecule is CCNS(=O)(=O)c1cc(C(=O)NCCSc2n[nH]c(C)n2)ccc1OC. The second-order valence-electron chi connectivity index (χ2n) is 5.17. The van der Waals surface area contributed by atoms with E-state index in [1.165, 1.54) is 37.1 Å². The fourth-order valence-corrected chi connectivity index (χ4v) is 4.02. The standard InChI is InChI=1S/C15H21N5O4S2/c1-4-17-26(22,23)13-9-11(5-6-12(13)24-3)14(21)16-7-8-25-15-18-10(2)19-20-15/h5-6,9,17H,4,7-8H2,1-3H3,(H,16,21)(H,18,19,20). The number of hydrogen-bond donors (Lipinski definition) is 3. The molecule has 0 fully saturated rings. The highest BCUT2D eigenvalue weighted by Gasteiger charge is 2.20. The van der Waals surface area contributed by atoms with Gasteiger partial charge < -0.3 is 10.1 Å². The van der Waals surface area contributed by atoms with Crippen molar-refractivity contribution < 1.29 is 17.9 Å². The van der Waals surface area contributed by atoms with Gasteiger partial charge in [0.05, 0.1) is 7.11 Å². The number of sulfonamides is 1. The van der Waals surface area contributed by atoms with Gasteiger partial charge in [-0.2, -0.15) is 0 Å². The molecule has 9 nitrogen and oxygen atoms in total. The van der Waals surface area contributed by atoms with Gasteiger partial charge in [-0.05, 0) is 25.1 Å². The second kappa shape index (κ2) is 9.01. The van der Waals surface area contributed by atoms with Crippen molar-refractivity contribution >= 4 is 27.7 Å². The number of thioether (sulfide) groups is 1. The zero-order valence-electron chi connectivity index (χ0n) is 14.7. The maximum absolute atomic E-state index is 12.3. The van der Waals surface area contributed by atoms with Crippen LogP contribution in [0.1, 0.15) is 23.1 Å². The molecule has 0 radical (unpaired) electrons. The van der Waals surface area contributed by atoms with Crippen LogP contribution in [0.2, 0.25) is 0 Å². The lowest BCUT2D eigenvalue weighted by atomic mass is 10.2. The summed E-state index contributed by atoms with van der Waals surface area (Å²) in [5, 5.41) is 10.1. The minimum absolute atomic E-state index is 0.0694. The molecule has 0 spiro atoms. The number of nitrogens with one attached hydrogen (secondary N) is 3. The van der Waals surface area contributed by atoms with E-state index in [4.69, 9.17) is 4.74 Å². The lowest BCUT2D eigenvalue weighted by Gasteiger charge is -2.12. The molecule has 0 bridgehead atoms. The number of aromatic nitrogens is 3. The van der Waals surface area contributed by atoms with Gasteiger partial charge in [0.25, 0.3) is 5.91 Å². The Balaban J connectivity index is 2.02. The number of benzene rings is 1. The van der Waals surface area contributed by atoms with E-state index >= 15 is 0 Å².